The van der Waals surface area contributed by atoms with E-state index in [1.807, 2.05) is 0 Å². The fourth-order valence-corrected chi connectivity index (χ4v) is 1.79. The number of likely N-dealkylation sites (N-methyl/N-ethyl adjacent to an activating group) is 1. The molecule has 1 aromatic heterocycles. The molecule has 0 radical (unpaired) electrons. The van der Waals surface area contributed by atoms with Gasteiger partial charge in [-0.15, -0.1) is 0 Å². The first kappa shape index (κ1) is 13.8. The lowest BCUT2D eigenvalue weighted by atomic mass is 10.3. The Balaban J connectivity index is 1.76. The summed E-state index contributed by atoms with van der Waals surface area (Å²) in [7, 11) is 2.11. The normalized spacial score (nSPS) is 14.5. The third kappa shape index (κ3) is 4.21. The van der Waals surface area contributed by atoms with Crippen molar-refractivity contribution in [3.8, 4) is 5.88 Å². The van der Waals surface area contributed by atoms with Crippen molar-refractivity contribution in [1.82, 2.24) is 9.88 Å². The van der Waals surface area contributed by atoms with Gasteiger partial charge in [0.05, 0.1) is 12.2 Å². The van der Waals surface area contributed by atoms with Crippen molar-refractivity contribution in [3.05, 3.63) is 23.9 Å². The highest BCUT2D eigenvalue weighted by Crippen LogP contribution is 2.24. The molecule has 0 saturated heterocycles. The lowest BCUT2D eigenvalue weighted by Crippen LogP contribution is -2.26. The van der Waals surface area contributed by atoms with E-state index in [1.54, 1.807) is 19.1 Å². The van der Waals surface area contributed by atoms with Crippen LogP contribution in [0, 0.1) is 0 Å². The quantitative estimate of drug-likeness (QED) is 0.702. The average Bonchev–Trinajstić information content (AvgIpc) is 3.24. The van der Waals surface area contributed by atoms with Gasteiger partial charge in [0.15, 0.2) is 0 Å². The van der Waals surface area contributed by atoms with Gasteiger partial charge in [-0.1, -0.05) is 0 Å². The summed E-state index contributed by atoms with van der Waals surface area (Å²) in [6.45, 7) is 3.65. The van der Waals surface area contributed by atoms with E-state index in [2.05, 4.69) is 16.9 Å². The molecule has 0 aromatic carbocycles. The molecule has 1 aliphatic carbocycles. The van der Waals surface area contributed by atoms with Gasteiger partial charge in [0, 0.05) is 24.8 Å². The van der Waals surface area contributed by atoms with E-state index >= 15 is 0 Å². The maximum atomic E-state index is 11.4. The topological polar surface area (TPSA) is 51.7 Å². The van der Waals surface area contributed by atoms with Gasteiger partial charge in [-0.2, -0.15) is 0 Å². The summed E-state index contributed by atoms with van der Waals surface area (Å²) in [5, 5.41) is 0. The van der Waals surface area contributed by atoms with Gasteiger partial charge in [-0.05, 0) is 32.9 Å². The minimum Gasteiger partial charge on any atom is -0.476 e. The Morgan fingerprint density at radius 2 is 2.26 bits per heavy atom. The summed E-state index contributed by atoms with van der Waals surface area (Å²) in [6, 6.07) is 4.11. The number of ether oxygens (including phenoxy) is 2. The van der Waals surface area contributed by atoms with Crippen LogP contribution in [0.5, 0.6) is 5.88 Å². The molecule has 0 bridgehead atoms. The molecule has 1 aliphatic rings. The van der Waals surface area contributed by atoms with Gasteiger partial charge in [-0.3, -0.25) is 0 Å². The minimum atomic E-state index is -0.352. The van der Waals surface area contributed by atoms with Crippen LogP contribution >= 0.6 is 0 Å². The predicted octanol–water partition coefficient (Wildman–Crippen LogP) is 1.73. The number of nitrogens with zero attached hydrogens (tertiary/aromatic N) is 2. The third-order valence-corrected chi connectivity index (χ3v) is 3.11. The maximum Gasteiger partial charge on any atom is 0.339 e. The third-order valence-electron chi connectivity index (χ3n) is 3.11. The summed E-state index contributed by atoms with van der Waals surface area (Å²) < 4.78 is 10.4. The average molecular weight is 264 g/mol. The number of pyridine rings is 1. The van der Waals surface area contributed by atoms with Crippen LogP contribution in [0.2, 0.25) is 0 Å². The van der Waals surface area contributed by atoms with Crippen LogP contribution in [-0.2, 0) is 4.74 Å². The molecule has 1 aromatic rings. The first-order valence-electron chi connectivity index (χ1n) is 6.67. The highest BCUT2D eigenvalue weighted by Gasteiger charge is 2.25. The minimum absolute atomic E-state index is 0.352. The number of rotatable bonds is 7. The van der Waals surface area contributed by atoms with E-state index in [1.165, 1.54) is 19.0 Å². The molecule has 5 nitrogen and oxygen atoms in total. The molecule has 0 atom stereocenters. The van der Waals surface area contributed by atoms with E-state index in [0.29, 0.717) is 24.7 Å². The molecule has 0 spiro atoms. The Kier molecular flexibility index (Phi) is 4.74. The molecule has 1 heterocycles. The van der Waals surface area contributed by atoms with Crippen molar-refractivity contribution >= 4 is 5.97 Å². The fourth-order valence-electron chi connectivity index (χ4n) is 1.79. The molecule has 0 aliphatic heterocycles. The van der Waals surface area contributed by atoms with Crippen molar-refractivity contribution in [2.75, 3.05) is 26.8 Å². The first-order chi connectivity index (χ1) is 9.20. The summed E-state index contributed by atoms with van der Waals surface area (Å²) >= 11 is 0. The van der Waals surface area contributed by atoms with Gasteiger partial charge in [0.2, 0.25) is 5.88 Å². The van der Waals surface area contributed by atoms with Crippen LogP contribution in [0.3, 0.4) is 0 Å². The van der Waals surface area contributed by atoms with Gasteiger partial charge in [0.1, 0.15) is 6.61 Å². The Morgan fingerprint density at radius 1 is 1.47 bits per heavy atom. The number of carbonyl (C=O) groups is 1. The summed E-state index contributed by atoms with van der Waals surface area (Å²) in [4.78, 5) is 17.8. The highest BCUT2D eigenvalue weighted by atomic mass is 16.5. The van der Waals surface area contributed by atoms with Crippen LogP contribution in [0.4, 0.5) is 0 Å². The molecule has 5 heteroatoms. The zero-order valence-electron chi connectivity index (χ0n) is 11.5. The number of hydrogen-bond acceptors (Lipinski definition) is 5. The first-order valence-corrected chi connectivity index (χ1v) is 6.67. The second kappa shape index (κ2) is 6.52. The Hall–Kier alpha value is -1.62. The Bertz CT molecular complexity index is 415. The van der Waals surface area contributed by atoms with E-state index in [-0.39, 0.29) is 5.97 Å². The van der Waals surface area contributed by atoms with Gasteiger partial charge in [-0.25, -0.2) is 9.78 Å². The van der Waals surface area contributed by atoms with Crippen molar-refractivity contribution in [3.63, 3.8) is 0 Å². The van der Waals surface area contributed by atoms with E-state index in [4.69, 9.17) is 9.47 Å². The second-order valence-electron chi connectivity index (χ2n) is 4.67. The van der Waals surface area contributed by atoms with Crippen molar-refractivity contribution in [1.29, 1.82) is 0 Å². The van der Waals surface area contributed by atoms with Crippen molar-refractivity contribution in [2.24, 2.45) is 0 Å². The molecule has 1 saturated carbocycles. The maximum absolute atomic E-state index is 11.4. The molecule has 19 heavy (non-hydrogen) atoms. The molecular formula is C14H20N2O3. The largest absolute Gasteiger partial charge is 0.476 e. The zero-order valence-corrected chi connectivity index (χ0v) is 11.5. The van der Waals surface area contributed by atoms with Crippen molar-refractivity contribution in [2.45, 2.75) is 25.8 Å². The van der Waals surface area contributed by atoms with Gasteiger partial charge in [0.25, 0.3) is 0 Å². The van der Waals surface area contributed by atoms with Crippen LogP contribution in [-0.4, -0.2) is 48.7 Å². The number of carbonyl (C=O) groups excluding carboxylic acids is 1. The highest BCUT2D eigenvalue weighted by molar-refractivity contribution is 5.89. The Labute approximate surface area is 113 Å². The summed E-state index contributed by atoms with van der Waals surface area (Å²) in [5.41, 5.74) is 0.448. The fraction of sp³-hybridized carbons (Fsp3) is 0.571. The molecule has 2 rings (SSSR count). The summed E-state index contributed by atoms with van der Waals surface area (Å²) in [6.07, 6.45) is 4.07. The molecule has 0 unspecified atom stereocenters. The van der Waals surface area contributed by atoms with Crippen LogP contribution < -0.4 is 4.74 Å². The number of esters is 1. The summed E-state index contributed by atoms with van der Waals surface area (Å²) in [5.74, 6) is 0.187. The van der Waals surface area contributed by atoms with Crippen molar-refractivity contribution < 1.29 is 14.3 Å². The number of hydrogen-bond donors (Lipinski definition) is 0. The Morgan fingerprint density at radius 3 is 2.84 bits per heavy atom. The van der Waals surface area contributed by atoms with Crippen LogP contribution in [0.15, 0.2) is 18.3 Å². The van der Waals surface area contributed by atoms with E-state index in [9.17, 15) is 4.79 Å². The van der Waals surface area contributed by atoms with Gasteiger partial charge < -0.3 is 14.4 Å². The SMILES string of the molecule is CCOC(=O)c1ccc(OCCN(C)C2CC2)nc1. The second-order valence-corrected chi connectivity index (χ2v) is 4.67. The van der Waals surface area contributed by atoms with Crippen LogP contribution in [0.25, 0.3) is 0 Å². The molecule has 0 amide bonds. The molecule has 104 valence electrons. The van der Waals surface area contributed by atoms with E-state index < -0.39 is 0 Å². The molecule has 0 N–H and O–H groups in total. The monoisotopic (exact) mass is 264 g/mol. The van der Waals surface area contributed by atoms with E-state index in [0.717, 1.165) is 12.6 Å². The molecule has 1 fully saturated rings. The smallest absolute Gasteiger partial charge is 0.339 e. The lowest BCUT2D eigenvalue weighted by molar-refractivity contribution is 0.0526. The van der Waals surface area contributed by atoms with Gasteiger partial charge >= 0.3 is 5.97 Å². The van der Waals surface area contributed by atoms with Crippen LogP contribution in [0.1, 0.15) is 30.1 Å². The number of aromatic nitrogens is 1. The standard InChI is InChI=1S/C14H20N2O3/c1-3-18-14(17)11-4-7-13(15-10-11)19-9-8-16(2)12-5-6-12/h4,7,10,12H,3,5-6,8-9H2,1-2H3. The predicted molar refractivity (Wildman–Crippen MR) is 71.3 cm³/mol. The zero-order chi connectivity index (χ0) is 13.7. The lowest BCUT2D eigenvalue weighted by Gasteiger charge is -2.15. The molecular weight excluding hydrogens is 244 g/mol.